The van der Waals surface area contributed by atoms with Gasteiger partial charge in [0.1, 0.15) is 5.75 Å². The maximum atomic E-state index is 12.7. The zero-order valence-corrected chi connectivity index (χ0v) is 12.4. The zero-order chi connectivity index (χ0) is 14.9. The third kappa shape index (κ3) is 2.49. The van der Waals surface area contributed by atoms with Crippen LogP contribution in [-0.2, 0) is 0 Å². The molecule has 0 unspecified atom stereocenters. The first kappa shape index (κ1) is 14.4. The first-order chi connectivity index (χ1) is 9.45. The SMILES string of the molecule is COc1cc(C)c(Cl)c(C)c1C(=O)c1cccc(N)c1. The average Bonchev–Trinajstić information content (AvgIpc) is 2.43. The van der Waals surface area contributed by atoms with E-state index < -0.39 is 0 Å². The number of carbonyl (C=O) groups is 1. The quantitative estimate of drug-likeness (QED) is 0.691. The highest BCUT2D eigenvalue weighted by molar-refractivity contribution is 6.33. The molecule has 0 aromatic heterocycles. The molecule has 2 aromatic carbocycles. The van der Waals surface area contributed by atoms with Gasteiger partial charge in [-0.05, 0) is 43.2 Å². The van der Waals surface area contributed by atoms with E-state index in [1.807, 2.05) is 13.8 Å². The number of nitrogen functional groups attached to an aromatic ring is 1. The summed E-state index contributed by atoms with van der Waals surface area (Å²) in [7, 11) is 1.54. The van der Waals surface area contributed by atoms with Crippen molar-refractivity contribution in [1.82, 2.24) is 0 Å². The maximum absolute atomic E-state index is 12.7. The van der Waals surface area contributed by atoms with Gasteiger partial charge in [0.15, 0.2) is 5.78 Å². The first-order valence-electron chi connectivity index (χ1n) is 6.19. The van der Waals surface area contributed by atoms with Gasteiger partial charge >= 0.3 is 0 Å². The molecule has 0 atom stereocenters. The molecule has 0 saturated carbocycles. The Bertz CT molecular complexity index is 680. The molecule has 0 saturated heterocycles. The number of halogens is 1. The fourth-order valence-corrected chi connectivity index (χ4v) is 2.34. The van der Waals surface area contributed by atoms with E-state index in [0.29, 0.717) is 27.6 Å². The number of hydrogen-bond acceptors (Lipinski definition) is 3. The summed E-state index contributed by atoms with van der Waals surface area (Å²) in [6.07, 6.45) is 0. The van der Waals surface area contributed by atoms with E-state index in [0.717, 1.165) is 11.1 Å². The van der Waals surface area contributed by atoms with Crippen LogP contribution < -0.4 is 10.5 Å². The van der Waals surface area contributed by atoms with Gasteiger partial charge in [-0.25, -0.2) is 0 Å². The predicted octanol–water partition coefficient (Wildman–Crippen LogP) is 3.78. The minimum absolute atomic E-state index is 0.145. The van der Waals surface area contributed by atoms with Crippen LogP contribution in [0.5, 0.6) is 5.75 Å². The van der Waals surface area contributed by atoms with Crippen LogP contribution in [0, 0.1) is 13.8 Å². The van der Waals surface area contributed by atoms with Gasteiger partial charge in [-0.15, -0.1) is 0 Å². The molecule has 0 heterocycles. The van der Waals surface area contributed by atoms with Crippen molar-refractivity contribution in [2.24, 2.45) is 0 Å². The Hall–Kier alpha value is -2.00. The fraction of sp³-hybridized carbons (Fsp3) is 0.188. The highest BCUT2D eigenvalue weighted by Gasteiger charge is 2.20. The second-order valence-electron chi connectivity index (χ2n) is 4.66. The third-order valence-electron chi connectivity index (χ3n) is 3.24. The topological polar surface area (TPSA) is 52.3 Å². The number of nitrogens with two attached hydrogens (primary N) is 1. The molecule has 3 nitrogen and oxygen atoms in total. The summed E-state index contributed by atoms with van der Waals surface area (Å²) in [6, 6.07) is 8.64. The molecule has 0 spiro atoms. The van der Waals surface area contributed by atoms with Crippen LogP contribution in [0.4, 0.5) is 5.69 Å². The number of aryl methyl sites for hydroxylation is 1. The minimum Gasteiger partial charge on any atom is -0.496 e. The lowest BCUT2D eigenvalue weighted by Gasteiger charge is -2.14. The van der Waals surface area contributed by atoms with E-state index in [-0.39, 0.29) is 5.78 Å². The Morgan fingerprint density at radius 2 is 1.95 bits per heavy atom. The van der Waals surface area contributed by atoms with Crippen LogP contribution in [0.3, 0.4) is 0 Å². The maximum Gasteiger partial charge on any atom is 0.197 e. The van der Waals surface area contributed by atoms with Crippen LogP contribution in [0.1, 0.15) is 27.0 Å². The summed E-state index contributed by atoms with van der Waals surface area (Å²) >= 11 is 6.24. The highest BCUT2D eigenvalue weighted by atomic mass is 35.5. The molecule has 0 aliphatic rings. The van der Waals surface area contributed by atoms with E-state index in [4.69, 9.17) is 22.1 Å². The summed E-state index contributed by atoms with van der Waals surface area (Å²) < 4.78 is 5.32. The van der Waals surface area contributed by atoms with Gasteiger partial charge < -0.3 is 10.5 Å². The summed E-state index contributed by atoms with van der Waals surface area (Å²) in [5, 5.41) is 0.582. The van der Waals surface area contributed by atoms with Crippen molar-refractivity contribution in [3.63, 3.8) is 0 Å². The molecule has 0 aliphatic carbocycles. The van der Waals surface area contributed by atoms with Gasteiger partial charge in [-0.3, -0.25) is 4.79 Å². The molecule has 2 N–H and O–H groups in total. The molecule has 0 aliphatic heterocycles. The summed E-state index contributed by atoms with van der Waals surface area (Å²) in [4.78, 5) is 12.7. The van der Waals surface area contributed by atoms with Gasteiger partial charge in [0.25, 0.3) is 0 Å². The Morgan fingerprint density at radius 3 is 2.55 bits per heavy atom. The number of rotatable bonds is 3. The number of hydrogen-bond donors (Lipinski definition) is 1. The van der Waals surface area contributed by atoms with Crippen LogP contribution in [0.2, 0.25) is 5.02 Å². The minimum atomic E-state index is -0.145. The van der Waals surface area contributed by atoms with Gasteiger partial charge in [0.05, 0.1) is 12.7 Å². The molecular formula is C16H16ClNO2. The fourth-order valence-electron chi connectivity index (χ4n) is 2.19. The van der Waals surface area contributed by atoms with Gasteiger partial charge in [-0.1, -0.05) is 23.7 Å². The molecule has 0 fully saturated rings. The van der Waals surface area contributed by atoms with E-state index in [1.165, 1.54) is 7.11 Å². The van der Waals surface area contributed by atoms with Crippen molar-refractivity contribution in [2.45, 2.75) is 13.8 Å². The van der Waals surface area contributed by atoms with E-state index in [1.54, 1.807) is 30.3 Å². The van der Waals surface area contributed by atoms with Gasteiger partial charge in [-0.2, -0.15) is 0 Å². The standard InChI is InChI=1S/C16H16ClNO2/c1-9-7-13(20-3)14(10(2)15(9)17)16(19)11-5-4-6-12(18)8-11/h4-8H,18H2,1-3H3. The largest absolute Gasteiger partial charge is 0.496 e. The Morgan fingerprint density at radius 1 is 1.25 bits per heavy atom. The molecule has 0 amide bonds. The smallest absolute Gasteiger partial charge is 0.197 e. The van der Waals surface area contributed by atoms with E-state index >= 15 is 0 Å². The Labute approximate surface area is 123 Å². The molecule has 0 radical (unpaired) electrons. The van der Waals surface area contributed by atoms with Gasteiger partial charge in [0.2, 0.25) is 0 Å². The summed E-state index contributed by atoms with van der Waals surface area (Å²) in [5.74, 6) is 0.380. The number of anilines is 1. The zero-order valence-electron chi connectivity index (χ0n) is 11.7. The molecular weight excluding hydrogens is 274 g/mol. The monoisotopic (exact) mass is 289 g/mol. The van der Waals surface area contributed by atoms with Crippen LogP contribution in [0.15, 0.2) is 30.3 Å². The lowest BCUT2D eigenvalue weighted by molar-refractivity contribution is 0.103. The number of carbonyl (C=O) groups excluding carboxylic acids is 1. The van der Waals surface area contributed by atoms with Crippen molar-refractivity contribution in [3.05, 3.63) is 57.6 Å². The number of ketones is 1. The lowest BCUT2D eigenvalue weighted by atomic mass is 9.96. The molecule has 104 valence electrons. The molecule has 2 aromatic rings. The Balaban J connectivity index is 2.63. The Kier molecular flexibility index (Phi) is 4.00. The van der Waals surface area contributed by atoms with Crippen molar-refractivity contribution in [2.75, 3.05) is 12.8 Å². The molecule has 4 heteroatoms. The first-order valence-corrected chi connectivity index (χ1v) is 6.57. The molecule has 2 rings (SSSR count). The predicted molar refractivity (Wildman–Crippen MR) is 81.8 cm³/mol. The molecule has 0 bridgehead atoms. The third-order valence-corrected chi connectivity index (χ3v) is 3.82. The van der Waals surface area contributed by atoms with Crippen LogP contribution in [-0.4, -0.2) is 12.9 Å². The van der Waals surface area contributed by atoms with Gasteiger partial charge in [0, 0.05) is 16.3 Å². The van der Waals surface area contributed by atoms with E-state index in [2.05, 4.69) is 0 Å². The lowest BCUT2D eigenvalue weighted by Crippen LogP contribution is -2.08. The molecule has 20 heavy (non-hydrogen) atoms. The highest BCUT2D eigenvalue weighted by Crippen LogP contribution is 2.33. The normalized spacial score (nSPS) is 10.4. The number of ether oxygens (including phenoxy) is 1. The summed E-state index contributed by atoms with van der Waals surface area (Å²) in [5.41, 5.74) is 8.87. The van der Waals surface area contributed by atoms with E-state index in [9.17, 15) is 4.79 Å². The number of methoxy groups -OCH3 is 1. The summed E-state index contributed by atoms with van der Waals surface area (Å²) in [6.45, 7) is 3.70. The van der Waals surface area contributed by atoms with Crippen LogP contribution >= 0.6 is 11.6 Å². The second kappa shape index (κ2) is 5.55. The van der Waals surface area contributed by atoms with Crippen molar-refractivity contribution >= 4 is 23.1 Å². The van der Waals surface area contributed by atoms with Crippen LogP contribution in [0.25, 0.3) is 0 Å². The van der Waals surface area contributed by atoms with Crippen molar-refractivity contribution < 1.29 is 9.53 Å². The van der Waals surface area contributed by atoms with Crippen molar-refractivity contribution in [3.8, 4) is 5.75 Å². The van der Waals surface area contributed by atoms with Crippen molar-refractivity contribution in [1.29, 1.82) is 0 Å². The average molecular weight is 290 g/mol. The second-order valence-corrected chi connectivity index (χ2v) is 5.04. The number of benzene rings is 2.